The lowest BCUT2D eigenvalue weighted by Gasteiger charge is -2.20. The van der Waals surface area contributed by atoms with Gasteiger partial charge in [0.05, 0.1) is 5.69 Å². The molecule has 0 aliphatic heterocycles. The molecule has 14 heavy (non-hydrogen) atoms. The molecule has 0 bridgehead atoms. The maximum Gasteiger partial charge on any atom is 0.449 e. The zero-order valence-corrected chi connectivity index (χ0v) is 8.20. The first-order valence-electron chi connectivity index (χ1n) is 4.12. The third kappa shape index (κ3) is 2.97. The van der Waals surface area contributed by atoms with Crippen LogP contribution in [0, 0.1) is 0 Å². The maximum absolute atomic E-state index is 12.1. The van der Waals surface area contributed by atoms with Crippen molar-refractivity contribution in [3.8, 4) is 0 Å². The third-order valence-electron chi connectivity index (χ3n) is 1.40. The third-order valence-corrected chi connectivity index (χ3v) is 1.40. The Morgan fingerprint density at radius 1 is 1.21 bits per heavy atom. The van der Waals surface area contributed by atoms with E-state index in [1.165, 1.54) is 0 Å². The molecule has 1 aromatic heterocycles. The molecular weight excluding hydrogens is 195 g/mol. The molecule has 0 aromatic carbocycles. The molecule has 0 atom stereocenters. The molecule has 0 aliphatic carbocycles. The van der Waals surface area contributed by atoms with Gasteiger partial charge < -0.3 is 9.73 Å². The van der Waals surface area contributed by atoms with Gasteiger partial charge in [0, 0.05) is 11.6 Å². The Hall–Kier alpha value is -1.13. The van der Waals surface area contributed by atoms with Crippen molar-refractivity contribution >= 4 is 5.69 Å². The molecule has 0 saturated carbocycles. The van der Waals surface area contributed by atoms with E-state index in [4.69, 9.17) is 0 Å². The average molecular weight is 207 g/mol. The summed E-state index contributed by atoms with van der Waals surface area (Å²) in [4.78, 5) is 0. The van der Waals surface area contributed by atoms with Crippen LogP contribution in [0.1, 0.15) is 26.5 Å². The van der Waals surface area contributed by atoms with Crippen LogP contribution in [0.15, 0.2) is 16.7 Å². The first-order valence-corrected chi connectivity index (χ1v) is 4.12. The average Bonchev–Trinajstić information content (AvgIpc) is 2.29. The summed E-state index contributed by atoms with van der Waals surface area (Å²) in [7, 11) is 0. The zero-order chi connectivity index (χ0) is 11.0. The summed E-state index contributed by atoms with van der Waals surface area (Å²) < 4.78 is 40.7. The van der Waals surface area contributed by atoms with E-state index in [1.54, 1.807) is 0 Å². The normalized spacial score (nSPS) is 13.0. The van der Waals surface area contributed by atoms with Crippen LogP contribution in [0.4, 0.5) is 18.9 Å². The predicted molar refractivity (Wildman–Crippen MR) is 47.1 cm³/mol. The molecule has 1 N–H and O–H groups in total. The summed E-state index contributed by atoms with van der Waals surface area (Å²) in [6.07, 6.45) is -3.36. The molecule has 80 valence electrons. The summed E-state index contributed by atoms with van der Waals surface area (Å²) in [5.74, 6) is -0.982. The Bertz CT molecular complexity index is 309. The van der Waals surface area contributed by atoms with Crippen LogP contribution in [0.3, 0.4) is 0 Å². The van der Waals surface area contributed by atoms with Crippen LogP contribution in [-0.4, -0.2) is 5.54 Å². The van der Waals surface area contributed by atoms with Gasteiger partial charge in [0.15, 0.2) is 0 Å². The molecule has 0 unspecified atom stereocenters. The summed E-state index contributed by atoms with van der Waals surface area (Å²) in [5.41, 5.74) is 0.0528. The van der Waals surface area contributed by atoms with Gasteiger partial charge in [-0.25, -0.2) is 0 Å². The second-order valence-corrected chi connectivity index (χ2v) is 4.07. The van der Waals surface area contributed by atoms with Gasteiger partial charge >= 0.3 is 6.18 Å². The van der Waals surface area contributed by atoms with Gasteiger partial charge in [-0.1, -0.05) is 0 Å². The van der Waals surface area contributed by atoms with Crippen molar-refractivity contribution in [1.82, 2.24) is 0 Å². The molecule has 0 spiro atoms. The van der Waals surface area contributed by atoms with Crippen LogP contribution in [0.25, 0.3) is 0 Å². The van der Waals surface area contributed by atoms with E-state index in [1.807, 2.05) is 20.8 Å². The SMILES string of the molecule is CC(C)(C)Nc1coc(C(F)(F)F)c1. The molecule has 1 heterocycles. The minimum atomic E-state index is -4.42. The van der Waals surface area contributed by atoms with E-state index in [0.29, 0.717) is 5.69 Å². The number of halogens is 3. The van der Waals surface area contributed by atoms with E-state index in [0.717, 1.165) is 12.3 Å². The zero-order valence-electron chi connectivity index (χ0n) is 8.20. The van der Waals surface area contributed by atoms with Crippen molar-refractivity contribution in [1.29, 1.82) is 0 Å². The van der Waals surface area contributed by atoms with Gasteiger partial charge in [-0.2, -0.15) is 13.2 Å². The smallest absolute Gasteiger partial charge is 0.449 e. The van der Waals surface area contributed by atoms with Gasteiger partial charge in [0.1, 0.15) is 6.26 Å². The van der Waals surface area contributed by atoms with Gasteiger partial charge in [-0.05, 0) is 20.8 Å². The van der Waals surface area contributed by atoms with Crippen molar-refractivity contribution in [3.05, 3.63) is 18.1 Å². The number of alkyl halides is 3. The molecule has 0 saturated heterocycles. The second-order valence-electron chi connectivity index (χ2n) is 4.07. The van der Waals surface area contributed by atoms with Gasteiger partial charge in [-0.15, -0.1) is 0 Å². The highest BCUT2D eigenvalue weighted by molar-refractivity contribution is 5.44. The molecule has 0 amide bonds. The monoisotopic (exact) mass is 207 g/mol. The van der Waals surface area contributed by atoms with E-state index in [9.17, 15) is 13.2 Å². The lowest BCUT2D eigenvalue weighted by Crippen LogP contribution is -2.25. The highest BCUT2D eigenvalue weighted by atomic mass is 19.4. The Balaban J connectivity index is 2.79. The van der Waals surface area contributed by atoms with Crippen LogP contribution in [0.5, 0.6) is 0 Å². The Labute approximate surface area is 80.1 Å². The number of rotatable bonds is 1. The minimum absolute atomic E-state index is 0.285. The van der Waals surface area contributed by atoms with Crippen LogP contribution in [-0.2, 0) is 6.18 Å². The highest BCUT2D eigenvalue weighted by Gasteiger charge is 2.35. The Morgan fingerprint density at radius 3 is 2.14 bits per heavy atom. The van der Waals surface area contributed by atoms with Gasteiger partial charge in [0.25, 0.3) is 0 Å². The van der Waals surface area contributed by atoms with Crippen LogP contribution in [0.2, 0.25) is 0 Å². The lowest BCUT2D eigenvalue weighted by atomic mass is 10.1. The Kier molecular flexibility index (Phi) is 2.52. The summed E-state index contributed by atoms with van der Waals surface area (Å²) >= 11 is 0. The first-order chi connectivity index (χ1) is 6.18. The molecule has 1 rings (SSSR count). The van der Waals surface area contributed by atoms with E-state index < -0.39 is 11.9 Å². The fourth-order valence-corrected chi connectivity index (χ4v) is 0.983. The number of nitrogens with one attached hydrogen (secondary N) is 1. The lowest BCUT2D eigenvalue weighted by molar-refractivity contribution is -0.153. The molecule has 2 nitrogen and oxygen atoms in total. The standard InChI is InChI=1S/C9H12F3NO/c1-8(2,3)13-6-4-7(14-5-6)9(10,11)12/h4-5,13H,1-3H3. The number of hydrogen-bond acceptors (Lipinski definition) is 2. The quantitative estimate of drug-likeness (QED) is 0.762. The molecular formula is C9H12F3NO. The van der Waals surface area contributed by atoms with E-state index in [2.05, 4.69) is 9.73 Å². The maximum atomic E-state index is 12.1. The number of anilines is 1. The van der Waals surface area contributed by atoms with Crippen molar-refractivity contribution in [2.24, 2.45) is 0 Å². The highest BCUT2D eigenvalue weighted by Crippen LogP contribution is 2.32. The first kappa shape index (κ1) is 10.9. The van der Waals surface area contributed by atoms with Gasteiger partial charge in [-0.3, -0.25) is 0 Å². The Morgan fingerprint density at radius 2 is 1.79 bits per heavy atom. The summed E-state index contributed by atoms with van der Waals surface area (Å²) in [5, 5.41) is 2.88. The number of furan rings is 1. The topological polar surface area (TPSA) is 25.2 Å². The summed E-state index contributed by atoms with van der Waals surface area (Å²) in [6.45, 7) is 5.56. The predicted octanol–water partition coefficient (Wildman–Crippen LogP) is 3.51. The largest absolute Gasteiger partial charge is 0.458 e. The fraction of sp³-hybridized carbons (Fsp3) is 0.556. The van der Waals surface area contributed by atoms with Crippen LogP contribution < -0.4 is 5.32 Å². The van der Waals surface area contributed by atoms with E-state index in [-0.39, 0.29) is 5.54 Å². The molecule has 1 aromatic rings. The number of hydrogen-bond donors (Lipinski definition) is 1. The van der Waals surface area contributed by atoms with Crippen molar-refractivity contribution in [3.63, 3.8) is 0 Å². The van der Waals surface area contributed by atoms with E-state index >= 15 is 0 Å². The van der Waals surface area contributed by atoms with Crippen LogP contribution >= 0.6 is 0 Å². The van der Waals surface area contributed by atoms with Crippen molar-refractivity contribution in [2.45, 2.75) is 32.5 Å². The minimum Gasteiger partial charge on any atom is -0.458 e. The molecule has 5 heteroatoms. The molecule has 0 fully saturated rings. The fourth-order valence-electron chi connectivity index (χ4n) is 0.983. The molecule has 0 aliphatic rings. The second kappa shape index (κ2) is 3.22. The molecule has 0 radical (unpaired) electrons. The van der Waals surface area contributed by atoms with Crippen molar-refractivity contribution < 1.29 is 17.6 Å². The van der Waals surface area contributed by atoms with Gasteiger partial charge in [0.2, 0.25) is 5.76 Å². The van der Waals surface area contributed by atoms with Crippen molar-refractivity contribution in [2.75, 3.05) is 5.32 Å². The summed E-state index contributed by atoms with van der Waals surface area (Å²) in [6, 6.07) is 0.950.